The van der Waals surface area contributed by atoms with Gasteiger partial charge in [-0.2, -0.15) is 0 Å². The molecule has 0 aliphatic carbocycles. The number of hydrogen-bond donors (Lipinski definition) is 3. The highest BCUT2D eigenvalue weighted by Crippen LogP contribution is 2.26. The third-order valence-electron chi connectivity index (χ3n) is 3.20. The number of carbonyl (C=O) groups excluding carboxylic acids is 1. The lowest BCUT2D eigenvalue weighted by atomic mass is 9.98. The van der Waals surface area contributed by atoms with Crippen molar-refractivity contribution in [1.29, 1.82) is 0 Å². The van der Waals surface area contributed by atoms with Gasteiger partial charge >= 0.3 is 0 Å². The molecule has 2 rings (SSSR count). The molecule has 1 amide bonds. The van der Waals surface area contributed by atoms with E-state index in [0.29, 0.717) is 18.0 Å². The average Bonchev–Trinajstić information content (AvgIpc) is 2.93. The van der Waals surface area contributed by atoms with Gasteiger partial charge in [-0.25, -0.2) is 4.98 Å². The van der Waals surface area contributed by atoms with E-state index in [1.807, 2.05) is 0 Å². The van der Waals surface area contributed by atoms with Crippen LogP contribution in [-0.4, -0.2) is 41.7 Å². The minimum absolute atomic E-state index is 0.0330. The summed E-state index contributed by atoms with van der Waals surface area (Å²) in [7, 11) is 0. The van der Waals surface area contributed by atoms with E-state index < -0.39 is 0 Å². The van der Waals surface area contributed by atoms with Crippen LogP contribution in [-0.2, 0) is 5.41 Å². The summed E-state index contributed by atoms with van der Waals surface area (Å²) in [6.45, 7) is 8.08. The second-order valence-corrected chi connectivity index (χ2v) is 7.01. The Morgan fingerprint density at radius 3 is 2.84 bits per heavy atom. The van der Waals surface area contributed by atoms with Gasteiger partial charge in [0, 0.05) is 31.0 Å². The Bertz CT molecular complexity index is 453. The molecule has 1 aromatic rings. The van der Waals surface area contributed by atoms with Crippen LogP contribution in [0, 0.1) is 5.92 Å². The number of thiazole rings is 1. The van der Waals surface area contributed by atoms with Crippen LogP contribution < -0.4 is 10.6 Å². The number of nitrogens with one attached hydrogen (secondary N) is 2. The van der Waals surface area contributed by atoms with Gasteiger partial charge in [-0.15, -0.1) is 11.3 Å². The lowest BCUT2D eigenvalue weighted by Gasteiger charge is -2.14. The molecule has 106 valence electrons. The first-order valence-corrected chi connectivity index (χ1v) is 7.33. The Kier molecular flexibility index (Phi) is 4.23. The highest BCUT2D eigenvalue weighted by molar-refractivity contribution is 7.13. The predicted octanol–water partition coefficient (Wildman–Crippen LogP) is 0.751. The van der Waals surface area contributed by atoms with Crippen LogP contribution in [0.5, 0.6) is 0 Å². The number of nitrogens with zero attached hydrogens (tertiary/aromatic N) is 1. The number of β-amino-alcohol motifs (C(OH)–C–C–N with tert-alkyl or cyclic N) is 1. The summed E-state index contributed by atoms with van der Waals surface area (Å²) in [6, 6.07) is 0. The van der Waals surface area contributed by atoms with Gasteiger partial charge in [-0.1, -0.05) is 20.8 Å². The van der Waals surface area contributed by atoms with Crippen LogP contribution in [0.15, 0.2) is 6.20 Å². The lowest BCUT2D eigenvalue weighted by molar-refractivity contribution is 0.0931. The maximum Gasteiger partial charge on any atom is 0.263 e. The number of amides is 1. The van der Waals surface area contributed by atoms with Crippen molar-refractivity contribution in [2.75, 3.05) is 19.6 Å². The number of hydrogen-bond acceptors (Lipinski definition) is 5. The predicted molar refractivity (Wildman–Crippen MR) is 75.5 cm³/mol. The van der Waals surface area contributed by atoms with Crippen LogP contribution in [0.4, 0.5) is 0 Å². The Balaban J connectivity index is 1.91. The summed E-state index contributed by atoms with van der Waals surface area (Å²) >= 11 is 1.43. The summed E-state index contributed by atoms with van der Waals surface area (Å²) in [6.07, 6.45) is 1.26. The van der Waals surface area contributed by atoms with Crippen molar-refractivity contribution in [3.05, 3.63) is 16.1 Å². The molecule has 1 aromatic heterocycles. The van der Waals surface area contributed by atoms with Crippen LogP contribution in [0.25, 0.3) is 0 Å². The highest BCUT2D eigenvalue weighted by Gasteiger charge is 2.26. The fourth-order valence-electron chi connectivity index (χ4n) is 1.96. The normalized spacial score (nSPS) is 23.6. The maximum absolute atomic E-state index is 12.0. The second kappa shape index (κ2) is 5.56. The zero-order chi connectivity index (χ0) is 14.0. The number of aliphatic hydroxyl groups is 1. The van der Waals surface area contributed by atoms with E-state index in [4.69, 9.17) is 0 Å². The SMILES string of the molecule is CC(C)(C)c1ncc(C(=O)NCC2CNCC2O)s1. The molecule has 1 aliphatic rings. The van der Waals surface area contributed by atoms with Gasteiger partial charge in [0.05, 0.1) is 17.3 Å². The number of aromatic nitrogens is 1. The van der Waals surface area contributed by atoms with Crippen molar-refractivity contribution in [2.24, 2.45) is 5.92 Å². The molecule has 2 atom stereocenters. The average molecular weight is 283 g/mol. The van der Waals surface area contributed by atoms with E-state index in [9.17, 15) is 9.90 Å². The molecular formula is C13H21N3O2S. The fraction of sp³-hybridized carbons (Fsp3) is 0.692. The quantitative estimate of drug-likeness (QED) is 0.765. The zero-order valence-electron chi connectivity index (χ0n) is 11.6. The molecule has 19 heavy (non-hydrogen) atoms. The third kappa shape index (κ3) is 3.52. The molecule has 6 heteroatoms. The molecule has 0 spiro atoms. The summed E-state index contributed by atoms with van der Waals surface area (Å²) in [5.74, 6) is -0.00828. The Labute approximate surface area is 117 Å². The maximum atomic E-state index is 12.0. The summed E-state index contributed by atoms with van der Waals surface area (Å²) < 4.78 is 0. The number of carbonyl (C=O) groups is 1. The summed E-state index contributed by atoms with van der Waals surface area (Å²) in [4.78, 5) is 16.9. The molecule has 2 unspecified atom stereocenters. The molecule has 0 bridgehead atoms. The molecule has 2 heterocycles. The molecule has 1 aliphatic heterocycles. The zero-order valence-corrected chi connectivity index (χ0v) is 12.4. The molecule has 0 radical (unpaired) electrons. The first-order valence-electron chi connectivity index (χ1n) is 6.51. The van der Waals surface area contributed by atoms with E-state index in [1.54, 1.807) is 6.20 Å². The van der Waals surface area contributed by atoms with E-state index in [-0.39, 0.29) is 23.3 Å². The summed E-state index contributed by atoms with van der Waals surface area (Å²) in [5.41, 5.74) is -0.0330. The van der Waals surface area contributed by atoms with Gasteiger partial charge in [0.15, 0.2) is 0 Å². The number of aliphatic hydroxyl groups excluding tert-OH is 1. The van der Waals surface area contributed by atoms with Gasteiger partial charge in [0.2, 0.25) is 0 Å². The van der Waals surface area contributed by atoms with Crippen LogP contribution in [0.1, 0.15) is 35.5 Å². The smallest absolute Gasteiger partial charge is 0.263 e. The van der Waals surface area contributed by atoms with Crippen molar-refractivity contribution < 1.29 is 9.90 Å². The monoisotopic (exact) mass is 283 g/mol. The van der Waals surface area contributed by atoms with Gasteiger partial charge in [-0.3, -0.25) is 4.79 Å². The molecule has 5 nitrogen and oxygen atoms in total. The first kappa shape index (κ1) is 14.4. The van der Waals surface area contributed by atoms with Gasteiger partial charge in [0.25, 0.3) is 5.91 Å². The minimum atomic E-state index is -0.369. The Morgan fingerprint density at radius 2 is 2.32 bits per heavy atom. The van der Waals surface area contributed by atoms with E-state index in [1.165, 1.54) is 11.3 Å². The van der Waals surface area contributed by atoms with Gasteiger partial charge in [0.1, 0.15) is 4.88 Å². The number of rotatable bonds is 3. The molecule has 0 aromatic carbocycles. The molecule has 3 N–H and O–H groups in total. The summed E-state index contributed by atoms with van der Waals surface area (Å²) in [5, 5.41) is 16.6. The van der Waals surface area contributed by atoms with E-state index in [0.717, 1.165) is 11.6 Å². The highest BCUT2D eigenvalue weighted by atomic mass is 32.1. The van der Waals surface area contributed by atoms with Crippen molar-refractivity contribution >= 4 is 17.2 Å². The molecule has 0 saturated carbocycles. The van der Waals surface area contributed by atoms with Crippen LogP contribution in [0.3, 0.4) is 0 Å². The Hall–Kier alpha value is -0.980. The molecule has 1 fully saturated rings. The fourth-order valence-corrected chi connectivity index (χ4v) is 2.85. The molecule has 1 saturated heterocycles. The van der Waals surface area contributed by atoms with Crippen LogP contribution >= 0.6 is 11.3 Å². The second-order valence-electron chi connectivity index (χ2n) is 5.98. The largest absolute Gasteiger partial charge is 0.391 e. The lowest BCUT2D eigenvalue weighted by Crippen LogP contribution is -2.34. The van der Waals surface area contributed by atoms with Crippen LogP contribution in [0.2, 0.25) is 0 Å². The van der Waals surface area contributed by atoms with Gasteiger partial charge in [-0.05, 0) is 0 Å². The topological polar surface area (TPSA) is 74.2 Å². The Morgan fingerprint density at radius 1 is 1.58 bits per heavy atom. The van der Waals surface area contributed by atoms with E-state index in [2.05, 4.69) is 36.4 Å². The molecular weight excluding hydrogens is 262 g/mol. The van der Waals surface area contributed by atoms with Crippen molar-refractivity contribution in [1.82, 2.24) is 15.6 Å². The minimum Gasteiger partial charge on any atom is -0.391 e. The first-order chi connectivity index (χ1) is 8.88. The van der Waals surface area contributed by atoms with Crippen molar-refractivity contribution in [3.63, 3.8) is 0 Å². The standard InChI is InChI=1S/C13H21N3O2S/c1-13(2,3)12-16-7-10(19-12)11(18)15-5-8-4-14-6-9(8)17/h7-9,14,17H,4-6H2,1-3H3,(H,15,18). The van der Waals surface area contributed by atoms with Crippen molar-refractivity contribution in [2.45, 2.75) is 32.3 Å². The van der Waals surface area contributed by atoms with E-state index >= 15 is 0 Å². The van der Waals surface area contributed by atoms with Crippen molar-refractivity contribution in [3.8, 4) is 0 Å². The van der Waals surface area contributed by atoms with Gasteiger partial charge < -0.3 is 15.7 Å². The third-order valence-corrected chi connectivity index (χ3v) is 4.62.